The van der Waals surface area contributed by atoms with E-state index in [4.69, 9.17) is 0 Å². The molecule has 2 aromatic carbocycles. The Morgan fingerprint density at radius 2 is 1.71 bits per heavy atom. The van der Waals surface area contributed by atoms with Crippen LogP contribution in [0.2, 0.25) is 0 Å². The molecule has 0 bridgehead atoms. The highest BCUT2D eigenvalue weighted by atomic mass is 19.4. The lowest BCUT2D eigenvalue weighted by Crippen LogP contribution is -2.55. The third-order valence-electron chi connectivity index (χ3n) is 7.41. The van der Waals surface area contributed by atoms with Crippen LogP contribution in [0.5, 0.6) is 0 Å². The number of hydrogen-bond donors (Lipinski definition) is 2. The Balaban J connectivity index is 1.24. The van der Waals surface area contributed by atoms with E-state index in [1.54, 1.807) is 65.8 Å². The molecule has 1 aromatic heterocycles. The number of anilines is 3. The molecule has 3 aliphatic heterocycles. The Kier molecular flexibility index (Phi) is 6.93. The number of benzene rings is 2. The molecule has 212 valence electrons. The van der Waals surface area contributed by atoms with Crippen molar-refractivity contribution >= 4 is 35.0 Å². The molecule has 2 N–H and O–H groups in total. The number of likely N-dealkylation sites (tertiary alicyclic amines) is 1. The summed E-state index contributed by atoms with van der Waals surface area (Å²) in [6.07, 6.45) is -1.66. The van der Waals surface area contributed by atoms with E-state index in [0.29, 0.717) is 54.3 Å². The van der Waals surface area contributed by atoms with Gasteiger partial charge in [0.15, 0.2) is 11.6 Å². The summed E-state index contributed by atoms with van der Waals surface area (Å²) < 4.78 is 41.0. The predicted molar refractivity (Wildman–Crippen MR) is 147 cm³/mol. The number of aromatic nitrogens is 2. The van der Waals surface area contributed by atoms with Gasteiger partial charge in [0.1, 0.15) is 6.54 Å². The van der Waals surface area contributed by atoms with Gasteiger partial charge in [-0.05, 0) is 18.9 Å². The maximum absolute atomic E-state index is 13.7. The van der Waals surface area contributed by atoms with Crippen LogP contribution in [-0.4, -0.2) is 77.2 Å². The van der Waals surface area contributed by atoms with Gasteiger partial charge in [-0.15, -0.1) is 0 Å². The van der Waals surface area contributed by atoms with Gasteiger partial charge < -0.3 is 20.4 Å². The number of aliphatic imine (C=N–C) groups is 1. The molecule has 1 saturated heterocycles. The first-order chi connectivity index (χ1) is 19.8. The smallest absolute Gasteiger partial charge is 0.350 e. The van der Waals surface area contributed by atoms with Crippen molar-refractivity contribution in [3.63, 3.8) is 0 Å². The lowest BCUT2D eigenvalue weighted by Gasteiger charge is -2.37. The summed E-state index contributed by atoms with van der Waals surface area (Å²) in [7, 11) is 0. The van der Waals surface area contributed by atoms with Gasteiger partial charge in [-0.25, -0.2) is 19.8 Å². The molecule has 13 heteroatoms. The molecule has 3 amide bonds. The van der Waals surface area contributed by atoms with E-state index in [-0.39, 0.29) is 11.7 Å². The Bertz CT molecular complexity index is 1470. The van der Waals surface area contributed by atoms with Crippen molar-refractivity contribution in [2.24, 2.45) is 4.99 Å². The van der Waals surface area contributed by atoms with Gasteiger partial charge in [0.25, 0.3) is 5.91 Å². The molecule has 0 spiro atoms. The zero-order valence-corrected chi connectivity index (χ0v) is 21.9. The number of benzodiazepines with no additional fused rings is 1. The molecule has 0 aliphatic carbocycles. The molecule has 0 radical (unpaired) electrons. The Morgan fingerprint density at radius 3 is 2.46 bits per heavy atom. The van der Waals surface area contributed by atoms with Crippen molar-refractivity contribution in [3.8, 4) is 0 Å². The lowest BCUT2D eigenvalue weighted by molar-refractivity contribution is -0.133. The summed E-state index contributed by atoms with van der Waals surface area (Å²) in [5.74, 6) is 0.532. The number of carbonyl (C=O) groups excluding carboxylic acids is 2. The van der Waals surface area contributed by atoms with Crippen LogP contribution in [0.1, 0.15) is 24.0 Å². The molecule has 3 aliphatic rings. The molecular weight excluding hydrogens is 537 g/mol. The number of hydrogen-bond acceptors (Lipinski definition) is 7. The van der Waals surface area contributed by atoms with Gasteiger partial charge in [0, 0.05) is 42.7 Å². The van der Waals surface area contributed by atoms with Crippen LogP contribution in [0.15, 0.2) is 72.0 Å². The Morgan fingerprint density at radius 1 is 1.00 bits per heavy atom. The van der Waals surface area contributed by atoms with Crippen LogP contribution in [0.25, 0.3) is 0 Å². The second kappa shape index (κ2) is 10.7. The summed E-state index contributed by atoms with van der Waals surface area (Å²) in [6.45, 7) is -0.150. The van der Waals surface area contributed by atoms with Crippen molar-refractivity contribution in [3.05, 3.63) is 78.1 Å². The minimum absolute atomic E-state index is 0.0811. The van der Waals surface area contributed by atoms with E-state index in [9.17, 15) is 22.8 Å². The zero-order valence-electron chi connectivity index (χ0n) is 21.9. The highest BCUT2D eigenvalue weighted by Crippen LogP contribution is 2.32. The van der Waals surface area contributed by atoms with Crippen molar-refractivity contribution < 1.29 is 22.8 Å². The quantitative estimate of drug-likeness (QED) is 0.502. The molecule has 10 nitrogen and oxygen atoms in total. The van der Waals surface area contributed by atoms with Crippen molar-refractivity contribution in [2.45, 2.75) is 31.2 Å². The molecule has 1 fully saturated rings. The summed E-state index contributed by atoms with van der Waals surface area (Å²) in [5.41, 5.74) is 1.39. The van der Waals surface area contributed by atoms with Crippen LogP contribution in [-0.2, 0) is 4.79 Å². The van der Waals surface area contributed by atoms with Crippen LogP contribution in [0, 0.1) is 0 Å². The van der Waals surface area contributed by atoms with Crippen molar-refractivity contribution in [1.29, 1.82) is 0 Å². The number of nitrogens with zero attached hydrogens (tertiary/aromatic N) is 6. The zero-order chi connectivity index (χ0) is 28.6. The topological polar surface area (TPSA) is 106 Å². The second-order valence-electron chi connectivity index (χ2n) is 10.0. The maximum atomic E-state index is 13.7. The number of halogens is 3. The maximum Gasteiger partial charge on any atom is 0.406 e. The van der Waals surface area contributed by atoms with Crippen LogP contribution in [0.4, 0.5) is 35.3 Å². The van der Waals surface area contributed by atoms with Crippen LogP contribution < -0.4 is 20.4 Å². The number of nitrogens with one attached hydrogen (secondary N) is 2. The van der Waals surface area contributed by atoms with Crippen LogP contribution >= 0.6 is 0 Å². The number of fused-ring (bicyclic) bond motifs is 2. The minimum Gasteiger partial charge on any atom is -0.350 e. The number of piperidine rings is 1. The van der Waals surface area contributed by atoms with Gasteiger partial charge in [-0.2, -0.15) is 13.2 Å². The molecular formula is C28H27F3N8O2. The van der Waals surface area contributed by atoms with E-state index in [2.05, 4.69) is 30.5 Å². The van der Waals surface area contributed by atoms with Gasteiger partial charge in [0.05, 0.1) is 18.1 Å². The van der Waals surface area contributed by atoms with Crippen molar-refractivity contribution in [1.82, 2.24) is 20.2 Å². The number of carbonyl (C=O) groups is 2. The Labute approximate surface area is 233 Å². The predicted octanol–water partition coefficient (Wildman–Crippen LogP) is 3.61. The lowest BCUT2D eigenvalue weighted by atomic mass is 10.0. The van der Waals surface area contributed by atoms with Gasteiger partial charge >= 0.3 is 12.2 Å². The van der Waals surface area contributed by atoms with Crippen molar-refractivity contribution in [2.75, 3.05) is 41.4 Å². The highest BCUT2D eigenvalue weighted by molar-refractivity contribution is 6.20. The fraction of sp³-hybridized carbons (Fsp3) is 0.321. The normalized spacial score (nSPS) is 19.2. The van der Waals surface area contributed by atoms with E-state index < -0.39 is 30.8 Å². The number of amides is 3. The van der Waals surface area contributed by atoms with Gasteiger partial charge in [0.2, 0.25) is 6.17 Å². The van der Waals surface area contributed by atoms with Gasteiger partial charge in [-0.3, -0.25) is 9.69 Å². The number of urea groups is 1. The largest absolute Gasteiger partial charge is 0.406 e. The molecule has 6 rings (SSSR count). The summed E-state index contributed by atoms with van der Waals surface area (Å²) in [4.78, 5) is 44.5. The molecule has 4 heterocycles. The monoisotopic (exact) mass is 564 g/mol. The first kappa shape index (κ1) is 26.5. The van der Waals surface area contributed by atoms with Crippen LogP contribution in [0.3, 0.4) is 0 Å². The number of para-hydroxylation sites is 1. The fourth-order valence-electron chi connectivity index (χ4n) is 5.48. The SMILES string of the molecule is O=C(N[C@@H]1N=C(c2ccccc2)c2ccccc2N(CC(F)(F)F)C1=O)N1CCC(N2CNc3nccnc32)CC1. The summed E-state index contributed by atoms with van der Waals surface area (Å²) in [5, 5.41) is 5.84. The fourth-order valence-corrected chi connectivity index (χ4v) is 5.48. The average molecular weight is 565 g/mol. The van der Waals surface area contributed by atoms with E-state index in [1.165, 1.54) is 6.07 Å². The highest BCUT2D eigenvalue weighted by Gasteiger charge is 2.41. The standard InChI is InChI=1S/C28H27F3N8O2/c29-28(30,31)16-38-21-9-5-4-8-20(21)22(18-6-2-1-3-7-18)35-24(26(38)40)36-27(41)37-14-10-19(11-15-37)39-17-34-23-25(39)33-13-12-32-23/h1-9,12-13,19,24H,10-11,14-17H2,(H,32,34)(H,36,41)/t24-/m0/s1. The van der Waals surface area contributed by atoms with E-state index in [1.807, 2.05) is 0 Å². The average Bonchev–Trinajstić information content (AvgIpc) is 3.38. The van der Waals surface area contributed by atoms with E-state index >= 15 is 0 Å². The van der Waals surface area contributed by atoms with E-state index in [0.717, 1.165) is 11.6 Å². The molecule has 1 atom stereocenters. The Hall–Kier alpha value is -4.68. The number of alkyl halides is 3. The summed E-state index contributed by atoms with van der Waals surface area (Å²) in [6, 6.07) is 14.8. The first-order valence-electron chi connectivity index (χ1n) is 13.3. The molecule has 0 unspecified atom stereocenters. The second-order valence-corrected chi connectivity index (χ2v) is 10.0. The third-order valence-corrected chi connectivity index (χ3v) is 7.41. The first-order valence-corrected chi connectivity index (χ1v) is 13.3. The molecule has 0 saturated carbocycles. The molecule has 41 heavy (non-hydrogen) atoms. The summed E-state index contributed by atoms with van der Waals surface area (Å²) >= 11 is 0. The third kappa shape index (κ3) is 5.39. The number of rotatable bonds is 4. The molecule has 3 aromatic rings. The minimum atomic E-state index is -4.66. The van der Waals surface area contributed by atoms with Gasteiger partial charge in [-0.1, -0.05) is 48.5 Å².